The number of carbonyl (C=O) groups is 2. The molecule has 2 fully saturated rings. The fraction of sp³-hybridized carbons (Fsp3) is 0.900. The van der Waals surface area contributed by atoms with Gasteiger partial charge < -0.3 is 20.3 Å². The highest BCUT2D eigenvalue weighted by Gasteiger charge is 2.66. The Hall–Kier alpha value is -1.30. The number of aliphatic hydroxyl groups is 1. The van der Waals surface area contributed by atoms with Gasteiger partial charge in [0, 0.05) is 5.92 Å². The first kappa shape index (κ1) is 21.0. The van der Waals surface area contributed by atoms with E-state index < -0.39 is 41.1 Å². The fourth-order valence-corrected chi connectivity index (χ4v) is 4.56. The highest BCUT2D eigenvalue weighted by Crippen LogP contribution is 2.60. The zero-order chi connectivity index (χ0) is 19.7. The maximum atomic E-state index is 12.3. The Labute approximate surface area is 156 Å². The summed E-state index contributed by atoms with van der Waals surface area (Å²) in [6.45, 7) is 9.12. The Bertz CT molecular complexity index is 519. The van der Waals surface area contributed by atoms with Crippen LogP contribution in [-0.4, -0.2) is 40.0 Å². The molecule has 4 atom stereocenters. The highest BCUT2D eigenvalue weighted by molar-refractivity contribution is 5.76. The van der Waals surface area contributed by atoms with Crippen molar-refractivity contribution in [3.63, 3.8) is 0 Å². The summed E-state index contributed by atoms with van der Waals surface area (Å²) in [5, 5.41) is 23.2. The molecule has 6 nitrogen and oxygen atoms in total. The number of aliphatic carboxylic acids is 1. The molecule has 0 spiro atoms. The summed E-state index contributed by atoms with van der Waals surface area (Å²) >= 11 is 0. The smallest absolute Gasteiger partial charge is 0.407 e. The van der Waals surface area contributed by atoms with Gasteiger partial charge in [0.25, 0.3) is 0 Å². The monoisotopic (exact) mass is 369 g/mol. The van der Waals surface area contributed by atoms with Crippen molar-refractivity contribution >= 4 is 12.1 Å². The van der Waals surface area contributed by atoms with Crippen LogP contribution in [-0.2, 0) is 9.53 Å². The number of amides is 1. The van der Waals surface area contributed by atoms with Crippen molar-refractivity contribution in [2.75, 3.05) is 0 Å². The molecule has 0 heterocycles. The van der Waals surface area contributed by atoms with Crippen molar-refractivity contribution in [3.8, 4) is 0 Å². The quantitative estimate of drug-likeness (QED) is 0.665. The van der Waals surface area contributed by atoms with Crippen LogP contribution in [0.2, 0.25) is 0 Å². The van der Waals surface area contributed by atoms with Gasteiger partial charge in [0.2, 0.25) is 0 Å². The SMILES string of the molecule is CC(C)(C)OC(=O)NC(CC1CCCCC1)C(O)C1C(C(=O)O)C1(C)C. The predicted molar refractivity (Wildman–Crippen MR) is 98.8 cm³/mol. The van der Waals surface area contributed by atoms with E-state index in [1.165, 1.54) is 19.3 Å². The molecule has 1 amide bonds. The minimum atomic E-state index is -0.888. The van der Waals surface area contributed by atoms with Gasteiger partial charge >= 0.3 is 12.1 Å². The van der Waals surface area contributed by atoms with Crippen LogP contribution in [0.4, 0.5) is 4.79 Å². The number of carboxylic acids is 1. The molecule has 0 aromatic heterocycles. The van der Waals surface area contributed by atoms with Crippen LogP contribution in [0.5, 0.6) is 0 Å². The largest absolute Gasteiger partial charge is 0.481 e. The van der Waals surface area contributed by atoms with Gasteiger partial charge in [-0.25, -0.2) is 4.79 Å². The Morgan fingerprint density at radius 1 is 1.19 bits per heavy atom. The topological polar surface area (TPSA) is 95.9 Å². The summed E-state index contributed by atoms with van der Waals surface area (Å²) in [5.74, 6) is -1.37. The molecular formula is C20H35NO5. The van der Waals surface area contributed by atoms with E-state index in [0.717, 1.165) is 12.8 Å². The van der Waals surface area contributed by atoms with Crippen LogP contribution in [0, 0.1) is 23.2 Å². The molecular weight excluding hydrogens is 334 g/mol. The van der Waals surface area contributed by atoms with E-state index in [1.54, 1.807) is 20.8 Å². The number of alkyl carbamates (subject to hydrolysis) is 1. The Kier molecular flexibility index (Phi) is 6.26. The third-order valence-corrected chi connectivity index (χ3v) is 5.97. The lowest BCUT2D eigenvalue weighted by atomic mass is 9.82. The van der Waals surface area contributed by atoms with Gasteiger partial charge in [0.15, 0.2) is 0 Å². The van der Waals surface area contributed by atoms with Crippen LogP contribution in [0.1, 0.15) is 73.1 Å². The summed E-state index contributed by atoms with van der Waals surface area (Å²) in [6.07, 6.45) is 4.99. The fourth-order valence-electron chi connectivity index (χ4n) is 4.56. The van der Waals surface area contributed by atoms with E-state index in [4.69, 9.17) is 4.74 Å². The van der Waals surface area contributed by atoms with Gasteiger partial charge in [-0.2, -0.15) is 0 Å². The van der Waals surface area contributed by atoms with E-state index in [0.29, 0.717) is 12.3 Å². The zero-order valence-electron chi connectivity index (χ0n) is 16.7. The average molecular weight is 370 g/mol. The molecule has 2 aliphatic carbocycles. The Morgan fingerprint density at radius 3 is 2.23 bits per heavy atom. The Morgan fingerprint density at radius 2 is 1.77 bits per heavy atom. The second-order valence-electron chi connectivity index (χ2n) is 9.65. The number of hydrogen-bond donors (Lipinski definition) is 3. The van der Waals surface area contributed by atoms with Crippen molar-refractivity contribution in [1.29, 1.82) is 0 Å². The molecule has 150 valence electrons. The third kappa shape index (κ3) is 5.12. The molecule has 2 saturated carbocycles. The lowest BCUT2D eigenvalue weighted by Gasteiger charge is -2.31. The Balaban J connectivity index is 2.09. The van der Waals surface area contributed by atoms with Crippen molar-refractivity contribution in [2.24, 2.45) is 23.2 Å². The third-order valence-electron chi connectivity index (χ3n) is 5.97. The van der Waals surface area contributed by atoms with Crippen molar-refractivity contribution in [3.05, 3.63) is 0 Å². The normalized spacial score (nSPS) is 28.1. The van der Waals surface area contributed by atoms with Crippen LogP contribution in [0.25, 0.3) is 0 Å². The average Bonchev–Trinajstić information content (AvgIpc) is 3.08. The first-order valence-electron chi connectivity index (χ1n) is 9.84. The molecule has 0 aliphatic heterocycles. The van der Waals surface area contributed by atoms with Gasteiger partial charge in [-0.3, -0.25) is 4.79 Å². The lowest BCUT2D eigenvalue weighted by Crippen LogP contribution is -2.48. The van der Waals surface area contributed by atoms with Crippen LogP contribution < -0.4 is 5.32 Å². The number of nitrogens with one attached hydrogen (secondary N) is 1. The standard InChI is InChI=1S/C20H35NO5/c1-19(2,3)26-18(25)21-13(11-12-9-7-6-8-10-12)16(22)14-15(17(23)24)20(14,4)5/h12-16,22H,6-11H2,1-5H3,(H,21,25)(H,23,24). The summed E-state index contributed by atoms with van der Waals surface area (Å²) < 4.78 is 5.36. The maximum Gasteiger partial charge on any atom is 0.407 e. The molecule has 6 heteroatoms. The number of ether oxygens (including phenoxy) is 1. The first-order valence-corrected chi connectivity index (χ1v) is 9.84. The van der Waals surface area contributed by atoms with E-state index in [1.807, 2.05) is 13.8 Å². The van der Waals surface area contributed by atoms with Gasteiger partial charge in [0.05, 0.1) is 18.1 Å². The molecule has 2 aliphatic rings. The molecule has 26 heavy (non-hydrogen) atoms. The minimum Gasteiger partial charge on any atom is -0.481 e. The van der Waals surface area contributed by atoms with Gasteiger partial charge in [-0.15, -0.1) is 0 Å². The second-order valence-corrected chi connectivity index (χ2v) is 9.65. The van der Waals surface area contributed by atoms with Gasteiger partial charge in [0.1, 0.15) is 5.60 Å². The number of carbonyl (C=O) groups excluding carboxylic acids is 1. The minimum absolute atomic E-state index is 0.358. The summed E-state index contributed by atoms with van der Waals surface area (Å²) in [4.78, 5) is 23.8. The van der Waals surface area contributed by atoms with Crippen molar-refractivity contribution < 1.29 is 24.5 Å². The maximum absolute atomic E-state index is 12.3. The van der Waals surface area contributed by atoms with E-state index >= 15 is 0 Å². The molecule has 0 bridgehead atoms. The van der Waals surface area contributed by atoms with Crippen LogP contribution in [0.3, 0.4) is 0 Å². The number of carboxylic acid groups (broad SMARTS) is 1. The highest BCUT2D eigenvalue weighted by atomic mass is 16.6. The van der Waals surface area contributed by atoms with E-state index in [9.17, 15) is 19.8 Å². The van der Waals surface area contributed by atoms with E-state index in [2.05, 4.69) is 5.32 Å². The van der Waals surface area contributed by atoms with Crippen LogP contribution >= 0.6 is 0 Å². The predicted octanol–water partition coefficient (Wildman–Crippen LogP) is 3.57. The summed E-state index contributed by atoms with van der Waals surface area (Å²) in [5.41, 5.74) is -1.08. The van der Waals surface area contributed by atoms with Crippen LogP contribution in [0.15, 0.2) is 0 Å². The van der Waals surface area contributed by atoms with E-state index in [-0.39, 0.29) is 5.92 Å². The van der Waals surface area contributed by atoms with Gasteiger partial charge in [-0.1, -0.05) is 46.0 Å². The molecule has 2 rings (SSSR count). The molecule has 0 saturated heterocycles. The lowest BCUT2D eigenvalue weighted by molar-refractivity contribution is -0.139. The van der Waals surface area contributed by atoms with Crippen molar-refractivity contribution in [1.82, 2.24) is 5.32 Å². The number of hydrogen-bond acceptors (Lipinski definition) is 4. The molecule has 0 aromatic carbocycles. The molecule has 3 N–H and O–H groups in total. The number of rotatable bonds is 6. The van der Waals surface area contributed by atoms with Crippen molar-refractivity contribution in [2.45, 2.75) is 90.9 Å². The molecule has 0 aromatic rings. The summed E-state index contributed by atoms with van der Waals surface area (Å²) in [6, 6.07) is -0.485. The second kappa shape index (κ2) is 7.75. The zero-order valence-corrected chi connectivity index (χ0v) is 16.7. The first-order chi connectivity index (χ1) is 11.9. The van der Waals surface area contributed by atoms with Gasteiger partial charge in [-0.05, 0) is 38.5 Å². The number of aliphatic hydroxyl groups excluding tert-OH is 1. The summed E-state index contributed by atoms with van der Waals surface area (Å²) in [7, 11) is 0. The molecule has 4 unspecified atom stereocenters. The molecule has 0 radical (unpaired) electrons.